The fourth-order valence-electron chi connectivity index (χ4n) is 1.74. The molecular weight excluding hydrogens is 284 g/mol. The van der Waals surface area contributed by atoms with Gasteiger partial charge in [-0.15, -0.1) is 0 Å². The van der Waals surface area contributed by atoms with Crippen LogP contribution in [0.3, 0.4) is 0 Å². The molecule has 2 heterocycles. The van der Waals surface area contributed by atoms with E-state index in [2.05, 4.69) is 9.82 Å². The average Bonchev–Trinajstić information content (AvgIpc) is 2.96. The van der Waals surface area contributed by atoms with Crippen LogP contribution in [0.25, 0.3) is 0 Å². The third kappa shape index (κ3) is 2.52. The lowest BCUT2D eigenvalue weighted by Crippen LogP contribution is -2.14. The second-order valence-corrected chi connectivity index (χ2v) is 5.78. The maximum absolute atomic E-state index is 12.2. The van der Waals surface area contributed by atoms with Crippen LogP contribution >= 0.6 is 0 Å². The van der Waals surface area contributed by atoms with Crippen molar-refractivity contribution in [3.63, 3.8) is 0 Å². The Labute approximate surface area is 115 Å². The predicted octanol–water partition coefficient (Wildman–Crippen LogP) is 0.740. The molecule has 0 saturated heterocycles. The van der Waals surface area contributed by atoms with Gasteiger partial charge < -0.3 is 9.67 Å². The van der Waals surface area contributed by atoms with Gasteiger partial charge in [0.25, 0.3) is 10.0 Å². The Kier molecular flexibility index (Phi) is 3.53. The van der Waals surface area contributed by atoms with Gasteiger partial charge in [-0.25, -0.2) is 13.2 Å². The van der Waals surface area contributed by atoms with Crippen molar-refractivity contribution in [2.45, 2.75) is 18.4 Å². The molecule has 0 aromatic carbocycles. The first-order chi connectivity index (χ1) is 9.35. The predicted molar refractivity (Wildman–Crippen MR) is 71.1 cm³/mol. The molecule has 0 unspecified atom stereocenters. The van der Waals surface area contributed by atoms with E-state index >= 15 is 0 Å². The molecule has 0 bridgehead atoms. The fourth-order valence-corrected chi connectivity index (χ4v) is 2.87. The summed E-state index contributed by atoms with van der Waals surface area (Å²) < 4.78 is 29.5. The lowest BCUT2D eigenvalue weighted by molar-refractivity contribution is 0.0685. The summed E-state index contributed by atoms with van der Waals surface area (Å²) in [5, 5.41) is 12.9. The second kappa shape index (κ2) is 5.00. The summed E-state index contributed by atoms with van der Waals surface area (Å²) in [6.45, 7) is 2.10. The highest BCUT2D eigenvalue weighted by atomic mass is 32.2. The van der Waals surface area contributed by atoms with E-state index < -0.39 is 16.0 Å². The number of hydrogen-bond acceptors (Lipinski definition) is 4. The largest absolute Gasteiger partial charge is 0.477 e. The molecule has 9 heteroatoms. The number of aryl methyl sites for hydroxylation is 2. The maximum atomic E-state index is 12.2. The number of carboxylic acids is 1. The number of aromatic carboxylic acids is 1. The van der Waals surface area contributed by atoms with Crippen LogP contribution in [0.2, 0.25) is 0 Å². The van der Waals surface area contributed by atoms with Crippen LogP contribution in [0.5, 0.6) is 0 Å². The van der Waals surface area contributed by atoms with E-state index in [1.807, 2.05) is 0 Å². The van der Waals surface area contributed by atoms with Gasteiger partial charge in [0.05, 0.1) is 6.20 Å². The van der Waals surface area contributed by atoms with Crippen molar-refractivity contribution in [2.75, 3.05) is 4.72 Å². The molecule has 2 N–H and O–H groups in total. The van der Waals surface area contributed by atoms with Crippen molar-refractivity contribution < 1.29 is 18.3 Å². The first-order valence-electron chi connectivity index (χ1n) is 5.79. The normalized spacial score (nSPS) is 11.5. The van der Waals surface area contributed by atoms with Crippen molar-refractivity contribution in [2.24, 2.45) is 7.05 Å². The summed E-state index contributed by atoms with van der Waals surface area (Å²) in [6, 6.07) is 2.64. The van der Waals surface area contributed by atoms with Crippen molar-refractivity contribution in [1.82, 2.24) is 14.3 Å². The first kappa shape index (κ1) is 14.1. The molecule has 2 aromatic rings. The fraction of sp³-hybridized carbons (Fsp3) is 0.273. The van der Waals surface area contributed by atoms with Gasteiger partial charge in [0.2, 0.25) is 0 Å². The molecule has 0 fully saturated rings. The van der Waals surface area contributed by atoms with Crippen molar-refractivity contribution in [3.05, 3.63) is 30.2 Å². The Bertz CT molecular complexity index is 744. The third-order valence-corrected chi connectivity index (χ3v) is 4.12. The molecule has 0 amide bonds. The van der Waals surface area contributed by atoms with Gasteiger partial charge in [-0.2, -0.15) is 5.10 Å². The van der Waals surface area contributed by atoms with Crippen molar-refractivity contribution >= 4 is 21.8 Å². The number of anilines is 1. The monoisotopic (exact) mass is 298 g/mol. The zero-order valence-electron chi connectivity index (χ0n) is 10.9. The van der Waals surface area contributed by atoms with Crippen LogP contribution in [0.15, 0.2) is 29.4 Å². The van der Waals surface area contributed by atoms with Crippen LogP contribution in [-0.4, -0.2) is 33.8 Å². The zero-order chi connectivity index (χ0) is 14.9. The lowest BCUT2D eigenvalue weighted by Gasteiger charge is -2.05. The molecule has 20 heavy (non-hydrogen) atoms. The average molecular weight is 298 g/mol. The first-order valence-corrected chi connectivity index (χ1v) is 7.27. The number of sulfonamides is 1. The second-order valence-electron chi connectivity index (χ2n) is 4.10. The summed E-state index contributed by atoms with van der Waals surface area (Å²) >= 11 is 0. The standard InChI is InChI=1S/C11H14N4O4S/c1-3-15-7-8(6-9(15)11(16)17)20(18,19)13-10-4-5-12-14(10)2/h4-7,13H,3H2,1-2H3,(H,16,17). The number of nitrogens with zero attached hydrogens (tertiary/aromatic N) is 3. The molecule has 8 nitrogen and oxygen atoms in total. The van der Waals surface area contributed by atoms with E-state index in [0.717, 1.165) is 6.07 Å². The number of hydrogen-bond donors (Lipinski definition) is 2. The van der Waals surface area contributed by atoms with E-state index in [-0.39, 0.29) is 10.6 Å². The van der Waals surface area contributed by atoms with E-state index in [1.54, 1.807) is 14.0 Å². The lowest BCUT2D eigenvalue weighted by atomic mass is 10.4. The molecule has 0 aliphatic rings. The summed E-state index contributed by atoms with van der Waals surface area (Å²) in [6.07, 6.45) is 2.75. The highest BCUT2D eigenvalue weighted by Crippen LogP contribution is 2.18. The maximum Gasteiger partial charge on any atom is 0.352 e. The van der Waals surface area contributed by atoms with Crippen LogP contribution in [0, 0.1) is 0 Å². The number of nitrogens with one attached hydrogen (secondary N) is 1. The van der Waals surface area contributed by atoms with Crippen LogP contribution in [0.1, 0.15) is 17.4 Å². The van der Waals surface area contributed by atoms with Gasteiger partial charge in [-0.3, -0.25) is 9.40 Å². The topological polar surface area (TPSA) is 106 Å². The molecule has 2 aromatic heterocycles. The minimum Gasteiger partial charge on any atom is -0.477 e. The molecule has 0 aliphatic heterocycles. The molecule has 0 aliphatic carbocycles. The van der Waals surface area contributed by atoms with Gasteiger partial charge >= 0.3 is 5.97 Å². The molecular formula is C11H14N4O4S. The minimum absolute atomic E-state index is 0.0714. The van der Waals surface area contributed by atoms with Gasteiger partial charge in [0.1, 0.15) is 16.4 Å². The molecule has 2 rings (SSSR count). The van der Waals surface area contributed by atoms with E-state index in [0.29, 0.717) is 12.4 Å². The molecule has 0 atom stereocenters. The molecule has 0 radical (unpaired) electrons. The SMILES string of the molecule is CCn1cc(S(=O)(=O)Nc2ccnn2C)cc1C(=O)O. The Morgan fingerprint density at radius 1 is 1.50 bits per heavy atom. The molecule has 108 valence electrons. The highest BCUT2D eigenvalue weighted by molar-refractivity contribution is 7.92. The number of carbonyl (C=O) groups is 1. The van der Waals surface area contributed by atoms with Crippen LogP contribution in [0.4, 0.5) is 5.82 Å². The number of aromatic nitrogens is 3. The Hall–Kier alpha value is -2.29. The number of carboxylic acid groups (broad SMARTS) is 1. The van der Waals surface area contributed by atoms with Gasteiger partial charge in [0.15, 0.2) is 0 Å². The van der Waals surface area contributed by atoms with Gasteiger partial charge in [-0.1, -0.05) is 0 Å². The summed E-state index contributed by atoms with van der Waals surface area (Å²) in [7, 11) is -2.25. The van der Waals surface area contributed by atoms with Crippen LogP contribution in [-0.2, 0) is 23.6 Å². The quantitative estimate of drug-likeness (QED) is 0.846. The summed E-state index contributed by atoms with van der Waals surface area (Å²) in [5.74, 6) is -0.875. The van der Waals surface area contributed by atoms with E-state index in [9.17, 15) is 13.2 Å². The van der Waals surface area contributed by atoms with Gasteiger partial charge in [-0.05, 0) is 13.0 Å². The number of rotatable bonds is 5. The van der Waals surface area contributed by atoms with Crippen molar-refractivity contribution in [1.29, 1.82) is 0 Å². The zero-order valence-corrected chi connectivity index (χ0v) is 11.8. The van der Waals surface area contributed by atoms with E-state index in [1.165, 1.54) is 27.7 Å². The summed E-state index contributed by atoms with van der Waals surface area (Å²) in [5.41, 5.74) is -0.0714. The van der Waals surface area contributed by atoms with Crippen LogP contribution < -0.4 is 4.72 Å². The Morgan fingerprint density at radius 3 is 2.65 bits per heavy atom. The molecule has 0 saturated carbocycles. The third-order valence-electron chi connectivity index (χ3n) is 2.80. The van der Waals surface area contributed by atoms with Crippen molar-refractivity contribution in [3.8, 4) is 0 Å². The Balaban J connectivity index is 2.40. The Morgan fingerprint density at radius 2 is 2.20 bits per heavy atom. The highest BCUT2D eigenvalue weighted by Gasteiger charge is 2.21. The smallest absolute Gasteiger partial charge is 0.352 e. The summed E-state index contributed by atoms with van der Waals surface area (Å²) in [4.78, 5) is 10.9. The van der Waals surface area contributed by atoms with E-state index in [4.69, 9.17) is 5.11 Å². The minimum atomic E-state index is -3.85. The van der Waals surface area contributed by atoms with Gasteiger partial charge in [0, 0.05) is 25.9 Å². The molecule has 0 spiro atoms.